The molecule has 0 aliphatic rings. The summed E-state index contributed by atoms with van der Waals surface area (Å²) in [6, 6.07) is 6.26. The van der Waals surface area contributed by atoms with E-state index in [1.165, 1.54) is 0 Å². The second-order valence-corrected chi connectivity index (χ2v) is 6.94. The van der Waals surface area contributed by atoms with Crippen molar-refractivity contribution in [3.05, 3.63) is 24.4 Å². The third kappa shape index (κ3) is 4.43. The van der Waals surface area contributed by atoms with Gasteiger partial charge in [-0.25, -0.2) is 0 Å². The summed E-state index contributed by atoms with van der Waals surface area (Å²) in [5, 5.41) is 22.3. The van der Waals surface area contributed by atoms with E-state index in [2.05, 4.69) is 36.3 Å². The smallest absolute Gasteiger partial charge is 0.195 e. The van der Waals surface area contributed by atoms with Gasteiger partial charge in [-0.1, -0.05) is 31.7 Å². The molecule has 2 heterocycles. The molecular formula is C15H24N4OS. The van der Waals surface area contributed by atoms with Crippen molar-refractivity contribution in [1.82, 2.24) is 19.9 Å². The Balaban J connectivity index is 1.84. The number of hydrogen-bond donors (Lipinski definition) is 2. The van der Waals surface area contributed by atoms with E-state index in [9.17, 15) is 5.11 Å². The fourth-order valence-corrected chi connectivity index (χ4v) is 3.30. The SMILES string of the molecule is CC(C)NC(C)(CO)CCCSc1nnc2ccccn12. The van der Waals surface area contributed by atoms with Crippen LogP contribution in [-0.4, -0.2) is 43.6 Å². The Bertz CT molecular complexity index is 572. The van der Waals surface area contributed by atoms with Crippen molar-refractivity contribution in [2.24, 2.45) is 0 Å². The number of aliphatic hydroxyl groups is 1. The minimum Gasteiger partial charge on any atom is -0.394 e. The number of nitrogens with zero attached hydrogens (tertiary/aromatic N) is 3. The number of fused-ring (bicyclic) bond motifs is 1. The average molecular weight is 308 g/mol. The quantitative estimate of drug-likeness (QED) is 0.579. The summed E-state index contributed by atoms with van der Waals surface area (Å²) in [5.74, 6) is 0.963. The highest BCUT2D eigenvalue weighted by atomic mass is 32.2. The maximum Gasteiger partial charge on any atom is 0.195 e. The molecule has 1 atom stereocenters. The third-order valence-electron chi connectivity index (χ3n) is 3.37. The van der Waals surface area contributed by atoms with E-state index < -0.39 is 0 Å². The van der Waals surface area contributed by atoms with Gasteiger partial charge in [0.05, 0.1) is 6.61 Å². The van der Waals surface area contributed by atoms with Crippen molar-refractivity contribution in [3.8, 4) is 0 Å². The number of aromatic nitrogens is 3. The van der Waals surface area contributed by atoms with Gasteiger partial charge in [0, 0.05) is 23.5 Å². The van der Waals surface area contributed by atoms with Crippen LogP contribution in [0.4, 0.5) is 0 Å². The summed E-state index contributed by atoms with van der Waals surface area (Å²) in [6.07, 6.45) is 3.93. The molecule has 2 rings (SSSR count). The second-order valence-electron chi connectivity index (χ2n) is 5.88. The van der Waals surface area contributed by atoms with E-state index in [4.69, 9.17) is 0 Å². The maximum atomic E-state index is 9.56. The monoisotopic (exact) mass is 308 g/mol. The topological polar surface area (TPSA) is 62.5 Å². The fraction of sp³-hybridized carbons (Fsp3) is 0.600. The van der Waals surface area contributed by atoms with Crippen LogP contribution >= 0.6 is 11.8 Å². The van der Waals surface area contributed by atoms with Crippen LogP contribution in [0.2, 0.25) is 0 Å². The lowest BCUT2D eigenvalue weighted by Gasteiger charge is -2.31. The van der Waals surface area contributed by atoms with Gasteiger partial charge in [0.2, 0.25) is 0 Å². The lowest BCUT2D eigenvalue weighted by Crippen LogP contribution is -2.49. The zero-order chi connectivity index (χ0) is 15.3. The van der Waals surface area contributed by atoms with E-state index in [1.54, 1.807) is 11.8 Å². The van der Waals surface area contributed by atoms with Gasteiger partial charge < -0.3 is 10.4 Å². The highest BCUT2D eigenvalue weighted by molar-refractivity contribution is 7.99. The summed E-state index contributed by atoms with van der Waals surface area (Å²) in [4.78, 5) is 0. The molecule has 1 unspecified atom stereocenters. The first-order valence-electron chi connectivity index (χ1n) is 7.35. The number of thioether (sulfide) groups is 1. The molecule has 116 valence electrons. The predicted molar refractivity (Wildman–Crippen MR) is 86.7 cm³/mol. The summed E-state index contributed by atoms with van der Waals surface area (Å²) >= 11 is 1.71. The van der Waals surface area contributed by atoms with Gasteiger partial charge >= 0.3 is 0 Å². The number of aliphatic hydroxyl groups excluding tert-OH is 1. The van der Waals surface area contributed by atoms with Crippen LogP contribution in [0.3, 0.4) is 0 Å². The van der Waals surface area contributed by atoms with Gasteiger partial charge in [0.25, 0.3) is 0 Å². The predicted octanol–water partition coefficient (Wildman–Crippen LogP) is 2.35. The maximum absolute atomic E-state index is 9.56. The number of pyridine rings is 1. The molecular weight excluding hydrogens is 284 g/mol. The molecule has 2 aromatic rings. The molecule has 0 radical (unpaired) electrons. The van der Waals surface area contributed by atoms with Crippen LogP contribution in [0.1, 0.15) is 33.6 Å². The first-order chi connectivity index (χ1) is 10.0. The molecule has 6 heteroatoms. The first kappa shape index (κ1) is 16.3. The van der Waals surface area contributed by atoms with Crippen molar-refractivity contribution < 1.29 is 5.11 Å². The van der Waals surface area contributed by atoms with Gasteiger partial charge in [-0.3, -0.25) is 4.40 Å². The van der Waals surface area contributed by atoms with E-state index in [0.29, 0.717) is 6.04 Å². The Morgan fingerprint density at radius 2 is 2.19 bits per heavy atom. The molecule has 0 aliphatic carbocycles. The molecule has 0 aliphatic heterocycles. The molecule has 2 aromatic heterocycles. The summed E-state index contributed by atoms with van der Waals surface area (Å²) in [6.45, 7) is 6.43. The van der Waals surface area contributed by atoms with Crippen molar-refractivity contribution in [1.29, 1.82) is 0 Å². The van der Waals surface area contributed by atoms with Gasteiger partial charge in [0.1, 0.15) is 0 Å². The first-order valence-corrected chi connectivity index (χ1v) is 8.34. The van der Waals surface area contributed by atoms with E-state index in [0.717, 1.165) is 29.4 Å². The van der Waals surface area contributed by atoms with Crippen molar-refractivity contribution in [2.45, 2.75) is 50.4 Å². The molecule has 21 heavy (non-hydrogen) atoms. The molecule has 0 aromatic carbocycles. The van der Waals surface area contributed by atoms with Crippen LogP contribution < -0.4 is 5.32 Å². The highest BCUT2D eigenvalue weighted by Gasteiger charge is 2.23. The summed E-state index contributed by atoms with van der Waals surface area (Å²) in [7, 11) is 0. The summed E-state index contributed by atoms with van der Waals surface area (Å²) in [5.41, 5.74) is 0.670. The molecule has 2 N–H and O–H groups in total. The normalized spacial score (nSPS) is 14.7. The van der Waals surface area contributed by atoms with Crippen LogP contribution in [0.25, 0.3) is 5.65 Å². The van der Waals surface area contributed by atoms with E-state index in [1.807, 2.05) is 28.8 Å². The standard InChI is InChI=1S/C15H24N4OS/c1-12(2)16-15(3,11-20)8-6-10-21-14-18-17-13-7-4-5-9-19(13)14/h4-5,7,9,12,16,20H,6,8,10-11H2,1-3H3. The average Bonchev–Trinajstić information content (AvgIpc) is 2.86. The van der Waals surface area contributed by atoms with Crippen molar-refractivity contribution >= 4 is 17.4 Å². The van der Waals surface area contributed by atoms with Gasteiger partial charge in [-0.15, -0.1) is 10.2 Å². The van der Waals surface area contributed by atoms with Gasteiger partial charge in [-0.2, -0.15) is 0 Å². The van der Waals surface area contributed by atoms with Crippen LogP contribution in [0.15, 0.2) is 29.6 Å². The number of hydrogen-bond acceptors (Lipinski definition) is 5. The molecule has 5 nitrogen and oxygen atoms in total. The minimum absolute atomic E-state index is 0.156. The Kier molecular flexibility index (Phi) is 5.61. The van der Waals surface area contributed by atoms with Crippen LogP contribution in [0, 0.1) is 0 Å². The highest BCUT2D eigenvalue weighted by Crippen LogP contribution is 2.20. The Hall–Kier alpha value is -1.11. The van der Waals surface area contributed by atoms with E-state index >= 15 is 0 Å². The minimum atomic E-state index is -0.207. The van der Waals surface area contributed by atoms with E-state index in [-0.39, 0.29) is 12.1 Å². The molecule has 0 fully saturated rings. The molecule has 0 saturated carbocycles. The lowest BCUT2D eigenvalue weighted by molar-refractivity contribution is 0.156. The lowest BCUT2D eigenvalue weighted by atomic mass is 9.96. The van der Waals surface area contributed by atoms with Crippen molar-refractivity contribution in [3.63, 3.8) is 0 Å². The Morgan fingerprint density at radius 3 is 2.90 bits per heavy atom. The van der Waals surface area contributed by atoms with Crippen LogP contribution in [-0.2, 0) is 0 Å². The van der Waals surface area contributed by atoms with Crippen LogP contribution in [0.5, 0.6) is 0 Å². The molecule has 0 saturated heterocycles. The van der Waals surface area contributed by atoms with Gasteiger partial charge in [0.15, 0.2) is 10.8 Å². The Morgan fingerprint density at radius 1 is 1.38 bits per heavy atom. The largest absolute Gasteiger partial charge is 0.394 e. The van der Waals surface area contributed by atoms with Crippen molar-refractivity contribution in [2.75, 3.05) is 12.4 Å². The zero-order valence-electron chi connectivity index (χ0n) is 12.9. The molecule has 0 spiro atoms. The van der Waals surface area contributed by atoms with Gasteiger partial charge in [-0.05, 0) is 31.9 Å². The molecule has 0 bridgehead atoms. The molecule has 0 amide bonds. The Labute approximate surface area is 130 Å². The summed E-state index contributed by atoms with van der Waals surface area (Å²) < 4.78 is 2.00. The third-order valence-corrected chi connectivity index (χ3v) is 4.40. The second kappa shape index (κ2) is 7.24. The number of rotatable bonds is 8. The zero-order valence-corrected chi connectivity index (χ0v) is 13.7. The fourth-order valence-electron chi connectivity index (χ4n) is 2.44. The number of nitrogens with one attached hydrogen (secondary N) is 1.